The van der Waals surface area contributed by atoms with Crippen LogP contribution in [-0.4, -0.2) is 37.5 Å². The van der Waals surface area contributed by atoms with E-state index in [1.165, 1.54) is 22.6 Å². The highest BCUT2D eigenvalue weighted by atomic mass is 32.2. The number of pyridine rings is 1. The number of benzene rings is 1. The number of nitrogens with zero attached hydrogens (tertiary/aromatic N) is 2. The van der Waals surface area contributed by atoms with Gasteiger partial charge in [-0.05, 0) is 42.4 Å². The van der Waals surface area contributed by atoms with Gasteiger partial charge in [-0.25, -0.2) is 8.42 Å². The van der Waals surface area contributed by atoms with E-state index in [9.17, 15) is 18.4 Å². The van der Waals surface area contributed by atoms with E-state index in [1.807, 2.05) is 0 Å². The average Bonchev–Trinajstić information content (AvgIpc) is 2.63. The third kappa shape index (κ3) is 5.21. The molecule has 1 heterocycles. The van der Waals surface area contributed by atoms with Crippen LogP contribution >= 0.6 is 11.8 Å². The number of aromatic nitrogens is 1. The number of hydrogen-bond acceptors (Lipinski definition) is 5. The molecule has 9 heteroatoms. The summed E-state index contributed by atoms with van der Waals surface area (Å²) in [6, 6.07) is 9.65. The van der Waals surface area contributed by atoms with Gasteiger partial charge in [0.25, 0.3) is 5.03 Å². The molecular weight excluding hydrogens is 386 g/mol. The number of amides is 1. The lowest BCUT2D eigenvalue weighted by Crippen LogP contribution is -2.30. The highest BCUT2D eigenvalue weighted by Crippen LogP contribution is 2.23. The Hall–Kier alpha value is -2.10. The summed E-state index contributed by atoms with van der Waals surface area (Å²) in [6.45, 7) is 6.09. The maximum atomic E-state index is 12.7. The van der Waals surface area contributed by atoms with E-state index < -0.39 is 10.0 Å². The van der Waals surface area contributed by atoms with Gasteiger partial charge in [-0.3, -0.25) is 4.79 Å². The van der Waals surface area contributed by atoms with Gasteiger partial charge >= 0.3 is 0 Å². The Kier molecular flexibility index (Phi) is 7.23. The first-order valence-electron chi connectivity index (χ1n) is 8.51. The Morgan fingerprint density at radius 1 is 1.22 bits per heavy atom. The van der Waals surface area contributed by atoms with Gasteiger partial charge in [-0.2, -0.15) is 9.04 Å². The van der Waals surface area contributed by atoms with E-state index in [2.05, 4.69) is 5.32 Å². The van der Waals surface area contributed by atoms with E-state index in [4.69, 9.17) is 0 Å². The fourth-order valence-corrected chi connectivity index (χ4v) is 4.66. The van der Waals surface area contributed by atoms with Gasteiger partial charge in [0.05, 0.1) is 10.6 Å². The number of carbonyl (C=O) groups excluding carboxylic acids is 1. The van der Waals surface area contributed by atoms with Crippen LogP contribution in [0.15, 0.2) is 52.5 Å². The average molecular weight is 410 g/mol. The molecule has 1 N–H and O–H groups in total. The monoisotopic (exact) mass is 409 g/mol. The molecule has 0 aliphatic rings. The van der Waals surface area contributed by atoms with Crippen molar-refractivity contribution in [3.05, 3.63) is 53.4 Å². The Labute approximate surface area is 164 Å². The first-order valence-corrected chi connectivity index (χ1v) is 10.9. The smallest absolute Gasteiger partial charge is 0.251 e. The summed E-state index contributed by atoms with van der Waals surface area (Å²) in [7, 11) is -3.60. The normalized spacial score (nSPS) is 11.6. The number of rotatable bonds is 8. The van der Waals surface area contributed by atoms with Crippen LogP contribution in [0.25, 0.3) is 0 Å². The predicted molar refractivity (Wildman–Crippen MR) is 106 cm³/mol. The highest BCUT2D eigenvalue weighted by molar-refractivity contribution is 7.99. The molecule has 1 amide bonds. The second-order valence-electron chi connectivity index (χ2n) is 5.77. The van der Waals surface area contributed by atoms with Crippen LogP contribution in [0.2, 0.25) is 0 Å². The van der Waals surface area contributed by atoms with Gasteiger partial charge in [-0.1, -0.05) is 19.9 Å². The molecule has 2 aromatic rings. The van der Waals surface area contributed by atoms with Crippen molar-refractivity contribution in [2.45, 2.75) is 30.7 Å². The molecule has 0 aliphatic heterocycles. The number of sulfonamides is 1. The largest absolute Gasteiger partial charge is 0.618 e. The first-order chi connectivity index (χ1) is 12.8. The second kappa shape index (κ2) is 9.20. The fourth-order valence-electron chi connectivity index (χ4n) is 2.46. The number of aryl methyl sites for hydroxylation is 1. The SMILES string of the molecule is CCN(CC)S(=O)(=O)c1ccc(C)c(NC(=O)CSc2cccc[n+]2[O-])c1. The highest BCUT2D eigenvalue weighted by Gasteiger charge is 2.22. The van der Waals surface area contributed by atoms with Gasteiger partial charge in [0.2, 0.25) is 15.9 Å². The molecule has 0 saturated carbocycles. The molecule has 2 rings (SSSR count). The van der Waals surface area contributed by atoms with Gasteiger partial charge < -0.3 is 10.5 Å². The quantitative estimate of drug-likeness (QED) is 0.410. The van der Waals surface area contributed by atoms with E-state index in [0.29, 0.717) is 28.5 Å². The number of carbonyl (C=O) groups is 1. The summed E-state index contributed by atoms with van der Waals surface area (Å²) in [5, 5.41) is 14.8. The molecular formula is C18H23N3O4S2. The third-order valence-electron chi connectivity index (χ3n) is 3.97. The summed E-state index contributed by atoms with van der Waals surface area (Å²) >= 11 is 1.11. The summed E-state index contributed by atoms with van der Waals surface area (Å²) < 4.78 is 27.4. The van der Waals surface area contributed by atoms with Crippen molar-refractivity contribution in [1.29, 1.82) is 0 Å². The minimum atomic E-state index is -3.60. The van der Waals surface area contributed by atoms with Crippen molar-refractivity contribution in [3.63, 3.8) is 0 Å². The van der Waals surface area contributed by atoms with Gasteiger partial charge in [0, 0.05) is 30.9 Å². The summed E-state index contributed by atoms with van der Waals surface area (Å²) in [6.07, 6.45) is 1.37. The van der Waals surface area contributed by atoms with Crippen LogP contribution in [0.3, 0.4) is 0 Å². The lowest BCUT2D eigenvalue weighted by molar-refractivity contribution is -0.645. The Morgan fingerprint density at radius 2 is 1.93 bits per heavy atom. The van der Waals surface area contributed by atoms with Crippen molar-refractivity contribution in [2.24, 2.45) is 0 Å². The van der Waals surface area contributed by atoms with Crippen molar-refractivity contribution in [1.82, 2.24) is 4.31 Å². The van der Waals surface area contributed by atoms with Crippen LogP contribution in [0.5, 0.6) is 0 Å². The number of hydrogen-bond donors (Lipinski definition) is 1. The molecule has 0 bridgehead atoms. The van der Waals surface area contributed by atoms with Crippen LogP contribution in [0, 0.1) is 12.1 Å². The minimum Gasteiger partial charge on any atom is -0.618 e. The minimum absolute atomic E-state index is 0.0404. The molecule has 27 heavy (non-hydrogen) atoms. The van der Waals surface area contributed by atoms with Crippen molar-refractivity contribution in [2.75, 3.05) is 24.2 Å². The molecule has 0 atom stereocenters. The Bertz CT molecular complexity index is 913. The topological polar surface area (TPSA) is 93.4 Å². The van der Waals surface area contributed by atoms with Gasteiger partial charge in [-0.15, -0.1) is 0 Å². The molecule has 1 aromatic carbocycles. The number of anilines is 1. The van der Waals surface area contributed by atoms with Gasteiger partial charge in [0.15, 0.2) is 6.20 Å². The maximum Gasteiger partial charge on any atom is 0.251 e. The lowest BCUT2D eigenvalue weighted by Gasteiger charge is -2.19. The van der Waals surface area contributed by atoms with Crippen LogP contribution < -0.4 is 10.0 Å². The number of nitrogens with one attached hydrogen (secondary N) is 1. The van der Waals surface area contributed by atoms with E-state index in [1.54, 1.807) is 45.0 Å². The molecule has 0 aliphatic carbocycles. The number of thioether (sulfide) groups is 1. The molecule has 0 spiro atoms. The van der Waals surface area contributed by atoms with Gasteiger partial charge in [0.1, 0.15) is 0 Å². The zero-order chi connectivity index (χ0) is 20.0. The zero-order valence-electron chi connectivity index (χ0n) is 15.5. The van der Waals surface area contributed by atoms with Crippen LogP contribution in [0.1, 0.15) is 19.4 Å². The molecule has 7 nitrogen and oxygen atoms in total. The van der Waals surface area contributed by atoms with Crippen molar-refractivity contribution >= 4 is 33.4 Å². The lowest BCUT2D eigenvalue weighted by atomic mass is 10.2. The predicted octanol–water partition coefficient (Wildman–Crippen LogP) is 2.39. The van der Waals surface area contributed by atoms with E-state index >= 15 is 0 Å². The molecule has 0 radical (unpaired) electrons. The summed E-state index contributed by atoms with van der Waals surface area (Å²) in [5.41, 5.74) is 1.20. The van der Waals surface area contributed by atoms with E-state index in [0.717, 1.165) is 17.3 Å². The first kappa shape index (κ1) is 21.2. The molecule has 0 fully saturated rings. The zero-order valence-corrected chi connectivity index (χ0v) is 17.1. The third-order valence-corrected chi connectivity index (χ3v) is 7.03. The molecule has 1 aromatic heterocycles. The molecule has 146 valence electrons. The standard InChI is InChI=1S/C18H23N3O4S2/c1-4-20(5-2)27(24,25)15-10-9-14(3)16(12-15)19-17(22)13-26-18-8-6-7-11-21(18)23/h6-12H,4-5,13H2,1-3H3,(H,19,22). The Balaban J connectivity index is 2.14. The van der Waals surface area contributed by atoms with E-state index in [-0.39, 0.29) is 16.6 Å². The molecule has 0 saturated heterocycles. The Morgan fingerprint density at radius 3 is 2.56 bits per heavy atom. The van der Waals surface area contributed by atoms with Crippen molar-refractivity contribution in [3.8, 4) is 0 Å². The fraction of sp³-hybridized carbons (Fsp3) is 0.333. The van der Waals surface area contributed by atoms with Crippen LogP contribution in [-0.2, 0) is 14.8 Å². The maximum absolute atomic E-state index is 12.7. The summed E-state index contributed by atoms with van der Waals surface area (Å²) in [5.74, 6) is -0.275. The molecule has 0 unspecified atom stereocenters. The summed E-state index contributed by atoms with van der Waals surface area (Å²) in [4.78, 5) is 12.4. The van der Waals surface area contributed by atoms with Crippen molar-refractivity contribution < 1.29 is 17.9 Å². The van der Waals surface area contributed by atoms with Crippen LogP contribution in [0.4, 0.5) is 5.69 Å². The second-order valence-corrected chi connectivity index (χ2v) is 8.70.